The second-order valence-electron chi connectivity index (χ2n) is 8.44. The highest BCUT2D eigenvalue weighted by molar-refractivity contribution is 6.35. The molecule has 0 aromatic heterocycles. The zero-order chi connectivity index (χ0) is 23.7. The molecule has 0 saturated heterocycles. The van der Waals surface area contributed by atoms with E-state index < -0.39 is 0 Å². The first kappa shape index (κ1) is 21.8. The van der Waals surface area contributed by atoms with Gasteiger partial charge in [-0.15, -0.1) is 0 Å². The van der Waals surface area contributed by atoms with Gasteiger partial charge in [-0.25, -0.2) is 0 Å². The van der Waals surface area contributed by atoms with Crippen LogP contribution in [-0.2, 0) is 29.1 Å². The molecule has 34 heavy (non-hydrogen) atoms. The van der Waals surface area contributed by atoms with Crippen LogP contribution < -0.4 is 9.47 Å². The lowest BCUT2D eigenvalue weighted by molar-refractivity contribution is -0.138. The number of hydrogen-bond acceptors (Lipinski definition) is 5. The maximum atomic E-state index is 13.7. The molecule has 3 aromatic rings. The van der Waals surface area contributed by atoms with Gasteiger partial charge in [0, 0.05) is 13.1 Å². The normalized spacial score (nSPS) is 15.6. The standard InChI is InChI=1S/C28H26N2O4/c1-33-23-11-7-19(8-12-23)17-30-27(31)25(21-9-13-24(34-2)14-10-21)26(28(30)32)29-16-15-20-5-3-4-6-22(20)18-29/h3-14H,15-18H2,1-2H3. The van der Waals surface area contributed by atoms with E-state index in [1.807, 2.05) is 60.7 Å². The molecule has 0 spiro atoms. The number of carbonyl (C=O) groups is 2. The van der Waals surface area contributed by atoms with Gasteiger partial charge in [0.25, 0.3) is 11.8 Å². The fraction of sp³-hybridized carbons (Fsp3) is 0.214. The first-order valence-corrected chi connectivity index (χ1v) is 11.3. The molecule has 0 saturated carbocycles. The predicted molar refractivity (Wildman–Crippen MR) is 129 cm³/mol. The number of amides is 2. The Bertz CT molecular complexity index is 1260. The fourth-order valence-corrected chi connectivity index (χ4v) is 4.62. The summed E-state index contributed by atoms with van der Waals surface area (Å²) < 4.78 is 10.5. The number of hydrogen-bond donors (Lipinski definition) is 0. The average Bonchev–Trinajstić information content (AvgIpc) is 3.13. The van der Waals surface area contributed by atoms with Gasteiger partial charge in [-0.05, 0) is 52.9 Å². The van der Waals surface area contributed by atoms with Crippen molar-refractivity contribution in [3.63, 3.8) is 0 Å². The fourth-order valence-electron chi connectivity index (χ4n) is 4.62. The predicted octanol–water partition coefficient (Wildman–Crippen LogP) is 4.04. The zero-order valence-corrected chi connectivity index (χ0v) is 19.3. The van der Waals surface area contributed by atoms with Gasteiger partial charge in [0.05, 0.1) is 26.3 Å². The Morgan fingerprint density at radius 2 is 1.38 bits per heavy atom. The monoisotopic (exact) mass is 454 g/mol. The summed E-state index contributed by atoms with van der Waals surface area (Å²) in [7, 11) is 3.21. The average molecular weight is 455 g/mol. The first-order chi connectivity index (χ1) is 16.6. The van der Waals surface area contributed by atoms with Crippen LogP contribution in [0, 0.1) is 0 Å². The van der Waals surface area contributed by atoms with Crippen LogP contribution in [0.4, 0.5) is 0 Å². The van der Waals surface area contributed by atoms with E-state index in [9.17, 15) is 9.59 Å². The van der Waals surface area contributed by atoms with Crippen molar-refractivity contribution in [1.29, 1.82) is 0 Å². The molecule has 2 heterocycles. The molecule has 6 nitrogen and oxygen atoms in total. The Hall–Kier alpha value is -4.06. The van der Waals surface area contributed by atoms with E-state index in [0.717, 1.165) is 17.7 Å². The van der Waals surface area contributed by atoms with Crippen LogP contribution in [0.2, 0.25) is 0 Å². The van der Waals surface area contributed by atoms with Gasteiger partial charge < -0.3 is 14.4 Å². The SMILES string of the molecule is COc1ccc(CN2C(=O)C(c3ccc(OC)cc3)=C(N3CCc4ccccc4C3)C2=O)cc1. The first-order valence-electron chi connectivity index (χ1n) is 11.3. The molecule has 0 radical (unpaired) electrons. The maximum absolute atomic E-state index is 13.7. The van der Waals surface area contributed by atoms with Crippen molar-refractivity contribution in [2.75, 3.05) is 20.8 Å². The van der Waals surface area contributed by atoms with E-state index in [4.69, 9.17) is 9.47 Å². The molecule has 2 aliphatic rings. The molecule has 6 heteroatoms. The Labute approximate surface area is 199 Å². The Morgan fingerprint density at radius 3 is 2.03 bits per heavy atom. The van der Waals surface area contributed by atoms with Gasteiger partial charge in [-0.1, -0.05) is 48.5 Å². The van der Waals surface area contributed by atoms with E-state index in [0.29, 0.717) is 35.7 Å². The van der Waals surface area contributed by atoms with Crippen LogP contribution in [0.15, 0.2) is 78.5 Å². The molecule has 0 unspecified atom stereocenters. The second-order valence-corrected chi connectivity index (χ2v) is 8.44. The summed E-state index contributed by atoms with van der Waals surface area (Å²) in [4.78, 5) is 30.8. The van der Waals surface area contributed by atoms with Gasteiger partial charge in [-0.2, -0.15) is 0 Å². The number of ether oxygens (including phenoxy) is 2. The van der Waals surface area contributed by atoms with Crippen molar-refractivity contribution >= 4 is 17.4 Å². The maximum Gasteiger partial charge on any atom is 0.278 e. The Kier molecular flexibility index (Phi) is 5.80. The third kappa shape index (κ3) is 3.92. The van der Waals surface area contributed by atoms with Crippen LogP contribution in [0.1, 0.15) is 22.3 Å². The lowest BCUT2D eigenvalue weighted by atomic mass is 9.98. The number of rotatable bonds is 6. The number of benzene rings is 3. The van der Waals surface area contributed by atoms with Gasteiger partial charge in [0.1, 0.15) is 17.2 Å². The minimum absolute atomic E-state index is 0.204. The van der Waals surface area contributed by atoms with Crippen LogP contribution in [-0.4, -0.2) is 42.4 Å². The van der Waals surface area contributed by atoms with Crippen LogP contribution >= 0.6 is 0 Å². The molecular weight excluding hydrogens is 428 g/mol. The summed E-state index contributed by atoms with van der Waals surface area (Å²) in [6, 6.07) is 23.0. The van der Waals surface area contributed by atoms with Crippen LogP contribution in [0.5, 0.6) is 11.5 Å². The lowest BCUT2D eigenvalue weighted by Crippen LogP contribution is -2.37. The largest absolute Gasteiger partial charge is 0.497 e. The zero-order valence-electron chi connectivity index (χ0n) is 19.3. The number of imide groups is 1. The van der Waals surface area contributed by atoms with Crippen LogP contribution in [0.25, 0.3) is 5.57 Å². The molecule has 2 aliphatic heterocycles. The molecule has 172 valence electrons. The molecule has 5 rings (SSSR count). The summed E-state index contributed by atoms with van der Waals surface area (Å²) >= 11 is 0. The Balaban J connectivity index is 1.52. The minimum atomic E-state index is -0.278. The number of carbonyl (C=O) groups excluding carboxylic acids is 2. The highest BCUT2D eigenvalue weighted by Crippen LogP contribution is 2.35. The van der Waals surface area contributed by atoms with E-state index in [2.05, 4.69) is 17.0 Å². The topological polar surface area (TPSA) is 59.1 Å². The van der Waals surface area contributed by atoms with Crippen molar-refractivity contribution in [2.45, 2.75) is 19.5 Å². The van der Waals surface area contributed by atoms with E-state index in [1.54, 1.807) is 14.2 Å². The minimum Gasteiger partial charge on any atom is -0.497 e. The van der Waals surface area contributed by atoms with Gasteiger partial charge in [0.2, 0.25) is 0 Å². The quantitative estimate of drug-likeness (QED) is 0.526. The summed E-state index contributed by atoms with van der Waals surface area (Å²) in [6.07, 6.45) is 0.829. The molecule has 0 N–H and O–H groups in total. The van der Waals surface area contributed by atoms with Crippen molar-refractivity contribution in [2.24, 2.45) is 0 Å². The number of methoxy groups -OCH3 is 2. The van der Waals surface area contributed by atoms with Gasteiger partial charge >= 0.3 is 0 Å². The number of fused-ring (bicyclic) bond motifs is 1. The Morgan fingerprint density at radius 1 is 0.765 bits per heavy atom. The molecule has 0 aliphatic carbocycles. The van der Waals surface area contributed by atoms with E-state index >= 15 is 0 Å². The molecule has 3 aromatic carbocycles. The lowest BCUT2D eigenvalue weighted by Gasteiger charge is -2.31. The van der Waals surface area contributed by atoms with Gasteiger partial charge in [0.15, 0.2) is 0 Å². The molecule has 0 fully saturated rings. The third-order valence-electron chi connectivity index (χ3n) is 6.47. The summed E-state index contributed by atoms with van der Waals surface area (Å²) in [5.74, 6) is 0.892. The van der Waals surface area contributed by atoms with Crippen LogP contribution in [0.3, 0.4) is 0 Å². The number of nitrogens with zero attached hydrogens (tertiary/aromatic N) is 2. The second kappa shape index (κ2) is 9.06. The van der Waals surface area contributed by atoms with Gasteiger partial charge in [-0.3, -0.25) is 14.5 Å². The van der Waals surface area contributed by atoms with Crippen molar-refractivity contribution in [3.05, 3.63) is 101 Å². The summed E-state index contributed by atoms with van der Waals surface area (Å²) in [5.41, 5.74) is 4.96. The highest BCUT2D eigenvalue weighted by Gasteiger charge is 2.42. The van der Waals surface area contributed by atoms with Crippen molar-refractivity contribution in [3.8, 4) is 11.5 Å². The highest BCUT2D eigenvalue weighted by atomic mass is 16.5. The molecular formula is C28H26N2O4. The van der Waals surface area contributed by atoms with Crippen molar-refractivity contribution < 1.29 is 19.1 Å². The van der Waals surface area contributed by atoms with E-state index in [-0.39, 0.29) is 18.4 Å². The van der Waals surface area contributed by atoms with E-state index in [1.165, 1.54) is 16.0 Å². The summed E-state index contributed by atoms with van der Waals surface area (Å²) in [6.45, 7) is 1.48. The smallest absolute Gasteiger partial charge is 0.278 e. The molecule has 0 atom stereocenters. The summed E-state index contributed by atoms with van der Waals surface area (Å²) in [5, 5.41) is 0. The third-order valence-corrected chi connectivity index (χ3v) is 6.47. The molecule has 0 bridgehead atoms. The van der Waals surface area contributed by atoms with Crippen molar-refractivity contribution in [1.82, 2.24) is 9.80 Å². The molecule has 2 amide bonds.